The van der Waals surface area contributed by atoms with Gasteiger partial charge in [-0.05, 0) is 49.7 Å². The number of halogens is 3. The maximum absolute atomic E-state index is 12.8. The highest BCUT2D eigenvalue weighted by Crippen LogP contribution is 2.40. The van der Waals surface area contributed by atoms with Crippen LogP contribution in [-0.2, 0) is 0 Å². The molecule has 0 aliphatic carbocycles. The third-order valence-corrected chi connectivity index (χ3v) is 5.30. The summed E-state index contributed by atoms with van der Waals surface area (Å²) in [6, 6.07) is 24.6. The average Bonchev–Trinajstić information content (AvgIpc) is 3.10. The lowest BCUT2D eigenvalue weighted by Gasteiger charge is -2.15. The maximum Gasteiger partial charge on any atom is 0.573 e. The average molecular weight is 452 g/mol. The molecule has 1 aromatic heterocycles. The summed E-state index contributed by atoms with van der Waals surface area (Å²) in [4.78, 5) is 0. The monoisotopic (exact) mass is 452 g/mol. The molecule has 7 heteroatoms. The van der Waals surface area contributed by atoms with E-state index in [1.54, 1.807) is 16.7 Å². The maximum atomic E-state index is 12.8. The van der Waals surface area contributed by atoms with Crippen LogP contribution in [0.3, 0.4) is 0 Å². The topological polar surface area (TPSA) is 46.4 Å². The number of hydrogen-bond acceptors (Lipinski definition) is 3. The highest BCUT2D eigenvalue weighted by Gasteiger charge is 2.31. The van der Waals surface area contributed by atoms with Crippen molar-refractivity contribution in [1.82, 2.24) is 4.57 Å². The number of aromatic hydroxyl groups is 1. The largest absolute Gasteiger partial charge is 0.573 e. The fourth-order valence-electron chi connectivity index (χ4n) is 3.69. The van der Waals surface area contributed by atoms with Crippen molar-refractivity contribution in [3.05, 3.63) is 96.1 Å². The van der Waals surface area contributed by atoms with E-state index in [9.17, 15) is 18.3 Å². The lowest BCUT2D eigenvalue weighted by molar-refractivity contribution is -0.274. The molecular formula is C26H23F3N2O2. The number of rotatable bonds is 6. The number of benzene rings is 3. The third-order valence-electron chi connectivity index (χ3n) is 5.30. The van der Waals surface area contributed by atoms with Gasteiger partial charge in [0.1, 0.15) is 5.75 Å². The van der Waals surface area contributed by atoms with E-state index in [0.717, 1.165) is 11.1 Å². The van der Waals surface area contributed by atoms with Crippen molar-refractivity contribution in [3.63, 3.8) is 0 Å². The fraction of sp³-hybridized carbons (Fsp3) is 0.154. The summed E-state index contributed by atoms with van der Waals surface area (Å²) < 4.78 is 44.0. The number of hydrogen-bond donors (Lipinski definition) is 2. The minimum absolute atomic E-state index is 0.0428. The number of aromatic nitrogens is 1. The van der Waals surface area contributed by atoms with E-state index in [2.05, 4.69) is 10.1 Å². The number of ether oxygens (including phenoxy) is 1. The van der Waals surface area contributed by atoms with Gasteiger partial charge in [-0.2, -0.15) is 0 Å². The van der Waals surface area contributed by atoms with Crippen molar-refractivity contribution in [2.45, 2.75) is 26.3 Å². The van der Waals surface area contributed by atoms with Gasteiger partial charge in [0.2, 0.25) is 5.88 Å². The van der Waals surface area contributed by atoms with Crippen LogP contribution >= 0.6 is 0 Å². The molecule has 0 aliphatic rings. The van der Waals surface area contributed by atoms with Gasteiger partial charge < -0.3 is 15.2 Å². The van der Waals surface area contributed by atoms with Crippen LogP contribution in [0.1, 0.15) is 24.1 Å². The molecule has 0 spiro atoms. The molecule has 3 aromatic carbocycles. The first-order chi connectivity index (χ1) is 15.7. The smallest absolute Gasteiger partial charge is 0.493 e. The highest BCUT2D eigenvalue weighted by atomic mass is 19.4. The number of aryl methyl sites for hydroxylation is 1. The molecule has 2 N–H and O–H groups in total. The summed E-state index contributed by atoms with van der Waals surface area (Å²) in [5.41, 5.74) is 4.20. The Bertz CT molecular complexity index is 1230. The van der Waals surface area contributed by atoms with Crippen LogP contribution in [0.4, 0.5) is 18.9 Å². The van der Waals surface area contributed by atoms with Crippen molar-refractivity contribution in [1.29, 1.82) is 0 Å². The Hall–Kier alpha value is -3.87. The summed E-state index contributed by atoms with van der Waals surface area (Å²) in [6.45, 7) is 3.92. The first-order valence-corrected chi connectivity index (χ1v) is 10.4. The van der Waals surface area contributed by atoms with Gasteiger partial charge >= 0.3 is 6.36 Å². The minimum atomic E-state index is -4.79. The van der Waals surface area contributed by atoms with Crippen LogP contribution in [0.25, 0.3) is 16.9 Å². The zero-order chi connectivity index (χ0) is 23.6. The van der Waals surface area contributed by atoms with Crippen LogP contribution in [0.5, 0.6) is 11.6 Å². The molecular weight excluding hydrogens is 429 g/mol. The molecule has 4 aromatic rings. The van der Waals surface area contributed by atoms with E-state index in [4.69, 9.17) is 0 Å². The molecule has 0 fully saturated rings. The second-order valence-electron chi connectivity index (χ2n) is 7.79. The Balaban J connectivity index is 1.79. The predicted octanol–water partition coefficient (Wildman–Crippen LogP) is 7.23. The normalized spacial score (nSPS) is 12.4. The molecule has 0 radical (unpaired) electrons. The van der Waals surface area contributed by atoms with Crippen molar-refractivity contribution in [3.8, 4) is 28.6 Å². The summed E-state index contributed by atoms with van der Waals surface area (Å²) in [6.07, 6.45) is -4.79. The number of anilines is 1. The van der Waals surface area contributed by atoms with Gasteiger partial charge in [-0.15, -0.1) is 13.2 Å². The van der Waals surface area contributed by atoms with Gasteiger partial charge in [-0.1, -0.05) is 60.2 Å². The summed E-state index contributed by atoms with van der Waals surface area (Å²) in [5.74, 6) is -0.373. The van der Waals surface area contributed by atoms with E-state index in [1.807, 2.05) is 68.4 Å². The van der Waals surface area contributed by atoms with Crippen molar-refractivity contribution >= 4 is 5.69 Å². The van der Waals surface area contributed by atoms with Gasteiger partial charge in [0.25, 0.3) is 0 Å². The first-order valence-electron chi connectivity index (χ1n) is 10.4. The molecule has 4 nitrogen and oxygen atoms in total. The van der Waals surface area contributed by atoms with Crippen molar-refractivity contribution in [2.24, 2.45) is 0 Å². The molecule has 0 unspecified atom stereocenters. The Morgan fingerprint density at radius 3 is 2.27 bits per heavy atom. The lowest BCUT2D eigenvalue weighted by atomic mass is 10.1. The van der Waals surface area contributed by atoms with Crippen LogP contribution in [0.15, 0.2) is 84.9 Å². The van der Waals surface area contributed by atoms with Gasteiger partial charge in [0, 0.05) is 17.3 Å². The fourth-order valence-corrected chi connectivity index (χ4v) is 3.69. The first kappa shape index (κ1) is 22.3. The van der Waals surface area contributed by atoms with E-state index < -0.39 is 6.36 Å². The lowest BCUT2D eigenvalue weighted by Crippen LogP contribution is -2.17. The molecule has 0 bridgehead atoms. The van der Waals surface area contributed by atoms with Gasteiger partial charge in [0.05, 0.1) is 11.4 Å². The molecule has 0 saturated carbocycles. The Morgan fingerprint density at radius 2 is 1.61 bits per heavy atom. The summed E-state index contributed by atoms with van der Waals surface area (Å²) >= 11 is 0. The number of nitrogens with one attached hydrogen (secondary N) is 1. The van der Waals surface area contributed by atoms with Crippen LogP contribution in [0.2, 0.25) is 0 Å². The van der Waals surface area contributed by atoms with Crippen LogP contribution < -0.4 is 10.1 Å². The Labute approximate surface area is 189 Å². The zero-order valence-electron chi connectivity index (χ0n) is 18.1. The molecule has 1 atom stereocenters. The summed E-state index contributed by atoms with van der Waals surface area (Å²) in [5, 5.41) is 14.4. The van der Waals surface area contributed by atoms with Gasteiger partial charge in [0.15, 0.2) is 0 Å². The van der Waals surface area contributed by atoms with E-state index in [1.165, 1.54) is 18.2 Å². The zero-order valence-corrected chi connectivity index (χ0v) is 18.1. The molecule has 0 aliphatic heterocycles. The molecule has 1 heterocycles. The molecule has 0 amide bonds. The van der Waals surface area contributed by atoms with E-state index in [0.29, 0.717) is 22.6 Å². The Kier molecular flexibility index (Phi) is 6.05. The molecule has 4 rings (SSSR count). The predicted molar refractivity (Wildman–Crippen MR) is 123 cm³/mol. The highest BCUT2D eigenvalue weighted by molar-refractivity contribution is 5.75. The van der Waals surface area contributed by atoms with Gasteiger partial charge in [-0.3, -0.25) is 4.57 Å². The Morgan fingerprint density at radius 1 is 0.909 bits per heavy atom. The second-order valence-corrected chi connectivity index (χ2v) is 7.79. The van der Waals surface area contributed by atoms with Crippen LogP contribution in [0, 0.1) is 6.92 Å². The van der Waals surface area contributed by atoms with E-state index >= 15 is 0 Å². The summed E-state index contributed by atoms with van der Waals surface area (Å²) in [7, 11) is 0. The van der Waals surface area contributed by atoms with Gasteiger partial charge in [-0.25, -0.2) is 0 Å². The number of nitrogens with zero attached hydrogens (tertiary/aromatic N) is 1. The molecule has 0 saturated heterocycles. The third kappa shape index (κ3) is 5.14. The van der Waals surface area contributed by atoms with Crippen LogP contribution in [-0.4, -0.2) is 16.0 Å². The van der Waals surface area contributed by atoms with E-state index in [-0.39, 0.29) is 17.7 Å². The molecule has 170 valence electrons. The second kappa shape index (κ2) is 8.94. The minimum Gasteiger partial charge on any atom is -0.493 e. The van der Waals surface area contributed by atoms with Crippen molar-refractivity contribution < 1.29 is 23.0 Å². The van der Waals surface area contributed by atoms with Crippen molar-refractivity contribution in [2.75, 3.05) is 5.32 Å². The quantitative estimate of drug-likeness (QED) is 0.324. The standard InChI is InChI=1S/C26H23F3N2O2/c1-17-11-13-21(14-12-17)31-24(20-9-6-10-22(15-20)33-26(27,28)29)16-23(25(31)32)30-18(2)19-7-4-3-5-8-19/h3-16,18,30,32H,1-2H3/t18-/m1/s1. The SMILES string of the molecule is Cc1ccc(-n2c(-c3cccc(OC(F)(F)F)c3)cc(N[C@H](C)c3ccccc3)c2O)cc1. The number of alkyl halides is 3. The molecule has 33 heavy (non-hydrogen) atoms.